The molecule has 6 heteroatoms. The molecule has 0 amide bonds. The average molecular weight is 349 g/mol. The van der Waals surface area contributed by atoms with Gasteiger partial charge < -0.3 is 20.0 Å². The molecule has 2 aromatic carbocycles. The van der Waals surface area contributed by atoms with E-state index in [9.17, 15) is 0 Å². The van der Waals surface area contributed by atoms with Crippen molar-refractivity contribution in [3.05, 3.63) is 84.6 Å². The minimum absolute atomic E-state index is 0.239. The smallest absolute Gasteiger partial charge is 0.219 e. The normalized spacial score (nSPS) is 11.0. The van der Waals surface area contributed by atoms with E-state index in [0.717, 1.165) is 11.5 Å². The Morgan fingerprint density at radius 3 is 2.19 bits per heavy atom. The number of nitrogens with zero attached hydrogens (tertiary/aromatic N) is 2. The van der Waals surface area contributed by atoms with Crippen LogP contribution < -0.4 is 15.2 Å². The summed E-state index contributed by atoms with van der Waals surface area (Å²) in [5, 5.41) is 3.87. The lowest BCUT2D eigenvalue weighted by molar-refractivity contribution is 0.107. The number of ether oxygens (including phenoxy) is 2. The Morgan fingerprint density at radius 1 is 0.846 bits per heavy atom. The van der Waals surface area contributed by atoms with Crippen LogP contribution in [0.1, 0.15) is 5.56 Å². The summed E-state index contributed by atoms with van der Waals surface area (Å²) in [5.41, 5.74) is 6.54. The van der Waals surface area contributed by atoms with Crippen molar-refractivity contribution in [1.29, 1.82) is 0 Å². The van der Waals surface area contributed by atoms with Crippen LogP contribution in [0.2, 0.25) is 0 Å². The first-order chi connectivity index (χ1) is 12.8. The van der Waals surface area contributed by atoms with Gasteiger partial charge in [0.15, 0.2) is 12.4 Å². The Morgan fingerprint density at radius 2 is 1.54 bits per heavy atom. The molecule has 0 bridgehead atoms. The van der Waals surface area contributed by atoms with Crippen molar-refractivity contribution in [2.45, 2.75) is 0 Å². The van der Waals surface area contributed by atoms with Crippen molar-refractivity contribution in [1.82, 2.24) is 4.98 Å². The average Bonchev–Trinajstić information content (AvgIpc) is 2.70. The van der Waals surface area contributed by atoms with Crippen molar-refractivity contribution < 1.29 is 14.3 Å². The van der Waals surface area contributed by atoms with E-state index < -0.39 is 0 Å². The number of rotatable bonds is 8. The van der Waals surface area contributed by atoms with Crippen LogP contribution in [-0.4, -0.2) is 24.0 Å². The summed E-state index contributed by atoms with van der Waals surface area (Å²) in [6.45, 7) is 0.668. The molecular weight excluding hydrogens is 330 g/mol. The molecule has 26 heavy (non-hydrogen) atoms. The molecule has 132 valence electrons. The number of nitrogens with two attached hydrogens (primary N) is 1. The monoisotopic (exact) mass is 349 g/mol. The zero-order chi connectivity index (χ0) is 18.0. The predicted molar refractivity (Wildman–Crippen MR) is 99.4 cm³/mol. The van der Waals surface area contributed by atoms with Crippen LogP contribution >= 0.6 is 0 Å². The summed E-state index contributed by atoms with van der Waals surface area (Å²) >= 11 is 0. The summed E-state index contributed by atoms with van der Waals surface area (Å²) in [4.78, 5) is 9.39. The summed E-state index contributed by atoms with van der Waals surface area (Å²) < 4.78 is 11.1. The molecule has 1 aromatic heterocycles. The summed E-state index contributed by atoms with van der Waals surface area (Å²) in [6.07, 6.45) is 1.58. The highest BCUT2D eigenvalue weighted by Crippen LogP contribution is 2.18. The van der Waals surface area contributed by atoms with E-state index in [0.29, 0.717) is 18.1 Å². The van der Waals surface area contributed by atoms with Gasteiger partial charge in [0, 0.05) is 17.8 Å². The van der Waals surface area contributed by atoms with Crippen molar-refractivity contribution in [2.75, 3.05) is 13.2 Å². The molecule has 0 saturated carbocycles. The molecule has 0 radical (unpaired) electrons. The summed E-state index contributed by atoms with van der Waals surface area (Å²) in [5.74, 6) is 2.22. The van der Waals surface area contributed by atoms with E-state index in [1.165, 1.54) is 0 Å². The predicted octanol–water partition coefficient (Wildman–Crippen LogP) is 3.59. The van der Waals surface area contributed by atoms with Gasteiger partial charge in [-0.15, -0.1) is 0 Å². The molecule has 1 heterocycles. The van der Waals surface area contributed by atoms with Crippen LogP contribution in [0.15, 0.2) is 84.1 Å². The van der Waals surface area contributed by atoms with Gasteiger partial charge in [0.1, 0.15) is 18.1 Å². The van der Waals surface area contributed by atoms with Gasteiger partial charge in [-0.1, -0.05) is 41.6 Å². The highest BCUT2D eigenvalue weighted by Gasteiger charge is 2.03. The molecule has 0 aliphatic carbocycles. The molecular formula is C20H19N3O3. The standard InChI is InChI=1S/C20H19N3O3/c21-20(23-25-14-13-24-17-7-3-1-4-8-17)16-11-12-19(22-15-16)26-18-9-5-2-6-10-18/h1-12,15H,13-14H2,(H2,21,23). The third-order valence-corrected chi connectivity index (χ3v) is 3.35. The van der Waals surface area contributed by atoms with E-state index in [1.54, 1.807) is 18.3 Å². The molecule has 3 aromatic rings. The third-order valence-electron chi connectivity index (χ3n) is 3.35. The molecule has 6 nitrogen and oxygen atoms in total. The van der Waals surface area contributed by atoms with Gasteiger partial charge in [-0.05, 0) is 30.3 Å². The van der Waals surface area contributed by atoms with E-state index >= 15 is 0 Å². The molecule has 0 fully saturated rings. The van der Waals surface area contributed by atoms with E-state index in [-0.39, 0.29) is 12.4 Å². The Balaban J connectivity index is 1.46. The van der Waals surface area contributed by atoms with Crippen LogP contribution in [0, 0.1) is 0 Å². The largest absolute Gasteiger partial charge is 0.490 e. The molecule has 0 aliphatic rings. The lowest BCUT2D eigenvalue weighted by atomic mass is 10.3. The SMILES string of the molecule is N/C(=N\OCCOc1ccccc1)c1ccc(Oc2ccccc2)nc1. The minimum atomic E-state index is 0.239. The number of aromatic nitrogens is 1. The van der Waals surface area contributed by atoms with Crippen molar-refractivity contribution in [2.24, 2.45) is 10.9 Å². The number of para-hydroxylation sites is 2. The number of benzene rings is 2. The first-order valence-electron chi connectivity index (χ1n) is 8.14. The Bertz CT molecular complexity index is 822. The molecule has 3 rings (SSSR count). The van der Waals surface area contributed by atoms with Gasteiger partial charge in [-0.3, -0.25) is 0 Å². The van der Waals surface area contributed by atoms with Gasteiger partial charge in [0.2, 0.25) is 5.88 Å². The van der Waals surface area contributed by atoms with Crippen LogP contribution in [0.25, 0.3) is 0 Å². The molecule has 0 aliphatic heterocycles. The van der Waals surface area contributed by atoms with Gasteiger partial charge in [0.25, 0.3) is 0 Å². The number of pyridine rings is 1. The first-order valence-corrected chi connectivity index (χ1v) is 8.14. The fourth-order valence-electron chi connectivity index (χ4n) is 2.08. The lowest BCUT2D eigenvalue weighted by Crippen LogP contribution is -2.15. The van der Waals surface area contributed by atoms with Gasteiger partial charge in [0.05, 0.1) is 0 Å². The number of hydrogen-bond donors (Lipinski definition) is 1. The maximum atomic E-state index is 5.89. The van der Waals surface area contributed by atoms with Gasteiger partial charge in [-0.25, -0.2) is 4.98 Å². The Kier molecular flexibility index (Phi) is 6.04. The van der Waals surface area contributed by atoms with E-state index in [2.05, 4.69) is 10.1 Å². The van der Waals surface area contributed by atoms with Crippen LogP contribution in [-0.2, 0) is 4.84 Å². The Hall–Kier alpha value is -3.54. The van der Waals surface area contributed by atoms with E-state index in [4.69, 9.17) is 20.0 Å². The summed E-state index contributed by atoms with van der Waals surface area (Å²) in [7, 11) is 0. The maximum Gasteiger partial charge on any atom is 0.219 e. The zero-order valence-corrected chi connectivity index (χ0v) is 14.1. The quantitative estimate of drug-likeness (QED) is 0.291. The fourth-order valence-corrected chi connectivity index (χ4v) is 2.08. The zero-order valence-electron chi connectivity index (χ0n) is 14.1. The van der Waals surface area contributed by atoms with Crippen LogP contribution in [0.5, 0.6) is 17.4 Å². The summed E-state index contributed by atoms with van der Waals surface area (Å²) in [6, 6.07) is 22.4. The number of hydrogen-bond acceptors (Lipinski definition) is 5. The molecule has 0 spiro atoms. The third kappa shape index (κ3) is 5.24. The van der Waals surface area contributed by atoms with Crippen molar-refractivity contribution in [3.63, 3.8) is 0 Å². The molecule has 0 unspecified atom stereocenters. The molecule has 0 saturated heterocycles. The topological polar surface area (TPSA) is 79.0 Å². The van der Waals surface area contributed by atoms with E-state index in [1.807, 2.05) is 60.7 Å². The minimum Gasteiger partial charge on any atom is -0.490 e. The highest BCUT2D eigenvalue weighted by atomic mass is 16.6. The second-order valence-electron chi connectivity index (χ2n) is 5.27. The molecule has 0 atom stereocenters. The van der Waals surface area contributed by atoms with Crippen molar-refractivity contribution in [3.8, 4) is 17.4 Å². The maximum absolute atomic E-state index is 5.89. The second kappa shape index (κ2) is 9.08. The lowest BCUT2D eigenvalue weighted by Gasteiger charge is -2.06. The van der Waals surface area contributed by atoms with Gasteiger partial charge >= 0.3 is 0 Å². The second-order valence-corrected chi connectivity index (χ2v) is 5.27. The number of amidine groups is 1. The van der Waals surface area contributed by atoms with Crippen LogP contribution in [0.4, 0.5) is 0 Å². The van der Waals surface area contributed by atoms with Crippen LogP contribution in [0.3, 0.4) is 0 Å². The Labute approximate surface area is 151 Å². The highest BCUT2D eigenvalue weighted by molar-refractivity contribution is 5.96. The first kappa shape index (κ1) is 17.3. The van der Waals surface area contributed by atoms with Gasteiger partial charge in [-0.2, -0.15) is 0 Å². The number of oxime groups is 1. The van der Waals surface area contributed by atoms with Crippen molar-refractivity contribution >= 4 is 5.84 Å². The fraction of sp³-hybridized carbons (Fsp3) is 0.100. The molecule has 2 N–H and O–H groups in total.